The Hall–Kier alpha value is -7.41. The number of hydrogen-bond acceptors (Lipinski definition) is 5. The van der Waals surface area contributed by atoms with Gasteiger partial charge in [0.05, 0.1) is 11.4 Å². The molecule has 0 unspecified atom stereocenters. The van der Waals surface area contributed by atoms with Gasteiger partial charge in [-0.1, -0.05) is 132 Å². The number of nitrogens with one attached hydrogen (secondary N) is 1. The maximum Gasteiger partial charge on any atom is 0.197 e. The number of nitrogens with zero attached hydrogens (tertiary/aromatic N) is 3. The van der Waals surface area contributed by atoms with Gasteiger partial charge in [-0.2, -0.15) is 0 Å². The molecule has 2 heterocycles. The van der Waals surface area contributed by atoms with Crippen LogP contribution in [0.3, 0.4) is 0 Å². The van der Waals surface area contributed by atoms with E-state index in [1.54, 1.807) is 0 Å². The molecule has 4 nitrogen and oxygen atoms in total. The fourth-order valence-electron chi connectivity index (χ4n) is 8.54. The predicted molar refractivity (Wildman–Crippen MR) is 255 cm³/mol. The van der Waals surface area contributed by atoms with Crippen molar-refractivity contribution in [3.63, 3.8) is 0 Å². The highest BCUT2D eigenvalue weighted by Crippen LogP contribution is 2.50. The van der Waals surface area contributed by atoms with Crippen LogP contribution in [0.2, 0.25) is 0 Å². The van der Waals surface area contributed by atoms with Crippen LogP contribution in [0.1, 0.15) is 0 Å². The van der Waals surface area contributed by atoms with Crippen molar-refractivity contribution in [2.24, 2.45) is 0 Å². The zero-order chi connectivity index (χ0) is 39.8. The Labute approximate surface area is 356 Å². The molecule has 2 aliphatic rings. The Morgan fingerprint density at radius 3 is 1.55 bits per heavy atom. The maximum absolute atomic E-state index is 3.88. The standard InChI is InChI=1S/C54H38BN4S/c1-6-19-38(20-7-1)57(39-21-8-2-9-22-39)43-33-34-49-47(36-43)55-53-46(45-29-18-32-52-54(45)56-48-30-16-17-31-51(48)60-52)35-44(37-50(53)59(49)42-27-14-5-15-28-42)58(40-23-10-3-11-24-40)41-25-12-4-13-26-41/h1-37,56H. The van der Waals surface area contributed by atoms with Gasteiger partial charge in [-0.15, -0.1) is 0 Å². The molecule has 0 saturated heterocycles. The summed E-state index contributed by atoms with van der Waals surface area (Å²) in [7, 11) is 2.40. The second kappa shape index (κ2) is 15.4. The first-order valence-electron chi connectivity index (χ1n) is 20.3. The average Bonchev–Trinajstić information content (AvgIpc) is 3.31. The van der Waals surface area contributed by atoms with Crippen LogP contribution >= 0.6 is 11.8 Å². The lowest BCUT2D eigenvalue weighted by atomic mass is 9.58. The second-order valence-electron chi connectivity index (χ2n) is 14.9. The summed E-state index contributed by atoms with van der Waals surface area (Å²) < 4.78 is 0. The van der Waals surface area contributed by atoms with E-state index in [9.17, 15) is 0 Å². The van der Waals surface area contributed by atoms with Crippen molar-refractivity contribution in [1.29, 1.82) is 0 Å². The molecular formula is C54H38BN4S. The number of para-hydroxylation sites is 7. The first-order chi connectivity index (χ1) is 29.8. The summed E-state index contributed by atoms with van der Waals surface area (Å²) in [5.74, 6) is 0. The van der Waals surface area contributed by atoms with E-state index in [0.29, 0.717) is 0 Å². The SMILES string of the molecule is [B]1c2cc(N(c3ccccc3)c3ccccc3)ccc2N(c2ccccc2)c2cc(N(c3ccccc3)c3ccccc3)cc(-c3cccc4c3Nc3ccccc3S4)c21. The number of rotatable bonds is 8. The second-order valence-corrected chi connectivity index (χ2v) is 16.0. The van der Waals surface area contributed by atoms with Crippen LogP contribution in [0, 0.1) is 0 Å². The van der Waals surface area contributed by atoms with Gasteiger partial charge in [0.2, 0.25) is 0 Å². The van der Waals surface area contributed by atoms with Crippen LogP contribution in [-0.2, 0) is 0 Å². The molecule has 9 aromatic rings. The topological polar surface area (TPSA) is 21.8 Å². The third kappa shape index (κ3) is 6.48. The molecule has 283 valence electrons. The summed E-state index contributed by atoms with van der Waals surface area (Å²) in [4.78, 5) is 9.58. The van der Waals surface area contributed by atoms with E-state index in [0.717, 1.165) is 84.6 Å². The van der Waals surface area contributed by atoms with Crippen LogP contribution < -0.4 is 30.9 Å². The highest BCUT2D eigenvalue weighted by Gasteiger charge is 2.32. The van der Waals surface area contributed by atoms with E-state index in [2.05, 4.69) is 252 Å². The minimum Gasteiger partial charge on any atom is -0.353 e. The molecule has 0 spiro atoms. The van der Waals surface area contributed by atoms with E-state index >= 15 is 0 Å². The van der Waals surface area contributed by atoms with Gasteiger partial charge < -0.3 is 20.0 Å². The van der Waals surface area contributed by atoms with Gasteiger partial charge in [0.1, 0.15) is 0 Å². The van der Waals surface area contributed by atoms with Crippen molar-refractivity contribution >= 4 is 92.5 Å². The van der Waals surface area contributed by atoms with Gasteiger partial charge >= 0.3 is 0 Å². The first-order valence-corrected chi connectivity index (χ1v) is 21.1. The van der Waals surface area contributed by atoms with E-state index in [-0.39, 0.29) is 0 Å². The molecule has 2 aliphatic heterocycles. The highest BCUT2D eigenvalue weighted by atomic mass is 32.2. The zero-order valence-electron chi connectivity index (χ0n) is 32.7. The molecular weight excluding hydrogens is 748 g/mol. The zero-order valence-corrected chi connectivity index (χ0v) is 33.5. The van der Waals surface area contributed by atoms with Gasteiger partial charge in [-0.3, -0.25) is 0 Å². The number of hydrogen-bond donors (Lipinski definition) is 1. The lowest BCUT2D eigenvalue weighted by molar-refractivity contribution is 1.25. The minimum absolute atomic E-state index is 1.07. The third-order valence-corrected chi connectivity index (χ3v) is 12.3. The number of benzene rings is 9. The summed E-state index contributed by atoms with van der Waals surface area (Å²) >= 11 is 1.82. The molecule has 6 heteroatoms. The molecule has 0 aromatic heterocycles. The molecule has 0 fully saturated rings. The summed E-state index contributed by atoms with van der Waals surface area (Å²) in [6.45, 7) is 0. The Morgan fingerprint density at radius 2 is 0.933 bits per heavy atom. The Balaban J connectivity index is 1.17. The van der Waals surface area contributed by atoms with Crippen molar-refractivity contribution in [1.82, 2.24) is 0 Å². The molecule has 60 heavy (non-hydrogen) atoms. The Kier molecular flexibility index (Phi) is 9.17. The lowest BCUT2D eigenvalue weighted by Gasteiger charge is -2.37. The molecule has 0 saturated carbocycles. The van der Waals surface area contributed by atoms with Crippen molar-refractivity contribution < 1.29 is 0 Å². The van der Waals surface area contributed by atoms with Crippen LogP contribution in [0.5, 0.6) is 0 Å². The quantitative estimate of drug-likeness (QED) is 0.155. The summed E-state index contributed by atoms with van der Waals surface area (Å²) in [5.41, 5.74) is 16.7. The molecule has 11 rings (SSSR count). The predicted octanol–water partition coefficient (Wildman–Crippen LogP) is 13.9. The van der Waals surface area contributed by atoms with Crippen molar-refractivity contribution in [2.45, 2.75) is 9.79 Å². The Morgan fingerprint density at radius 1 is 0.400 bits per heavy atom. The first kappa shape index (κ1) is 35.7. The van der Waals surface area contributed by atoms with Gasteiger partial charge in [-0.05, 0) is 120 Å². The van der Waals surface area contributed by atoms with Gasteiger partial charge in [0.25, 0.3) is 0 Å². The fourth-order valence-corrected chi connectivity index (χ4v) is 9.56. The van der Waals surface area contributed by atoms with Crippen LogP contribution in [0.15, 0.2) is 234 Å². The van der Waals surface area contributed by atoms with Gasteiger partial charge in [0.15, 0.2) is 7.28 Å². The number of anilines is 11. The van der Waals surface area contributed by atoms with Crippen LogP contribution in [0.25, 0.3) is 11.1 Å². The van der Waals surface area contributed by atoms with E-state index in [1.807, 2.05) is 11.8 Å². The van der Waals surface area contributed by atoms with Gasteiger partial charge in [-0.25, -0.2) is 0 Å². The van der Waals surface area contributed by atoms with E-state index in [4.69, 9.17) is 0 Å². The summed E-state index contributed by atoms with van der Waals surface area (Å²) in [5, 5.41) is 3.88. The molecule has 9 aromatic carbocycles. The molecule has 0 atom stereocenters. The third-order valence-electron chi connectivity index (χ3n) is 11.2. The summed E-state index contributed by atoms with van der Waals surface area (Å²) in [6, 6.07) is 80.3. The average molecular weight is 786 g/mol. The Bertz CT molecular complexity index is 2890. The molecule has 1 N–H and O–H groups in total. The van der Waals surface area contributed by atoms with Gasteiger partial charge in [0, 0.05) is 66.5 Å². The molecule has 0 aliphatic carbocycles. The smallest absolute Gasteiger partial charge is 0.197 e. The van der Waals surface area contributed by atoms with E-state index in [1.165, 1.54) is 9.79 Å². The van der Waals surface area contributed by atoms with Crippen molar-refractivity contribution in [3.8, 4) is 11.1 Å². The normalized spacial score (nSPS) is 12.2. The van der Waals surface area contributed by atoms with Crippen molar-refractivity contribution in [3.05, 3.63) is 224 Å². The highest BCUT2D eigenvalue weighted by molar-refractivity contribution is 7.99. The lowest BCUT2D eigenvalue weighted by Crippen LogP contribution is -2.41. The molecule has 0 amide bonds. The largest absolute Gasteiger partial charge is 0.353 e. The van der Waals surface area contributed by atoms with E-state index < -0.39 is 0 Å². The van der Waals surface area contributed by atoms with Crippen LogP contribution in [-0.4, -0.2) is 7.28 Å². The van der Waals surface area contributed by atoms with Crippen LogP contribution in [0.4, 0.5) is 62.6 Å². The summed E-state index contributed by atoms with van der Waals surface area (Å²) in [6.07, 6.45) is 0. The maximum atomic E-state index is 3.88. The molecule has 1 radical (unpaired) electrons. The minimum atomic E-state index is 1.07. The van der Waals surface area contributed by atoms with Crippen molar-refractivity contribution in [2.75, 3.05) is 20.0 Å². The fraction of sp³-hybridized carbons (Fsp3) is 0. The monoisotopic (exact) mass is 785 g/mol. The molecule has 0 bridgehead atoms. The number of fused-ring (bicyclic) bond motifs is 4.